The van der Waals surface area contributed by atoms with Crippen molar-refractivity contribution in [3.8, 4) is 11.5 Å². The fourth-order valence-electron chi connectivity index (χ4n) is 5.72. The van der Waals surface area contributed by atoms with Crippen LogP contribution in [-0.2, 0) is 15.8 Å². The van der Waals surface area contributed by atoms with Gasteiger partial charge in [0.25, 0.3) is 0 Å². The zero-order valence-corrected chi connectivity index (χ0v) is 15.0. The summed E-state index contributed by atoms with van der Waals surface area (Å²) in [6.07, 6.45) is 4.17. The molecule has 24 heavy (non-hydrogen) atoms. The topological polar surface area (TPSA) is 69.9 Å². The van der Waals surface area contributed by atoms with Crippen molar-refractivity contribution >= 4 is 0 Å². The van der Waals surface area contributed by atoms with Gasteiger partial charge in [0.2, 0.25) is 0 Å². The number of aliphatic hydroxyl groups is 1. The summed E-state index contributed by atoms with van der Waals surface area (Å²) in [5, 5.41) is 31.8. The number of phenolic OH excluding ortho intramolecular Hbond substituents is 2. The van der Waals surface area contributed by atoms with Crippen molar-refractivity contribution in [2.45, 2.75) is 70.5 Å². The Morgan fingerprint density at radius 2 is 1.88 bits per heavy atom. The van der Waals surface area contributed by atoms with E-state index in [-0.39, 0.29) is 28.4 Å². The molecule has 2 aliphatic carbocycles. The molecule has 4 heteroatoms. The minimum Gasteiger partial charge on any atom is -0.504 e. The van der Waals surface area contributed by atoms with E-state index in [0.717, 1.165) is 30.4 Å². The van der Waals surface area contributed by atoms with E-state index in [0.29, 0.717) is 18.1 Å². The predicted octanol–water partition coefficient (Wildman–Crippen LogP) is 3.86. The van der Waals surface area contributed by atoms with Crippen molar-refractivity contribution in [2.75, 3.05) is 6.61 Å². The van der Waals surface area contributed by atoms with Gasteiger partial charge in [0.15, 0.2) is 11.5 Å². The summed E-state index contributed by atoms with van der Waals surface area (Å²) in [4.78, 5) is 0. The van der Waals surface area contributed by atoms with E-state index in [1.165, 1.54) is 6.42 Å². The molecule has 2 heterocycles. The average molecular weight is 332 g/mol. The summed E-state index contributed by atoms with van der Waals surface area (Å²) in [6, 6.07) is 1.85. The van der Waals surface area contributed by atoms with Crippen LogP contribution in [0.15, 0.2) is 6.07 Å². The molecule has 4 nitrogen and oxygen atoms in total. The van der Waals surface area contributed by atoms with Crippen LogP contribution >= 0.6 is 0 Å². The molecular formula is C20H28O4. The van der Waals surface area contributed by atoms with Crippen molar-refractivity contribution in [1.29, 1.82) is 0 Å². The predicted molar refractivity (Wildman–Crippen MR) is 91.1 cm³/mol. The van der Waals surface area contributed by atoms with Gasteiger partial charge in [0.05, 0.1) is 18.3 Å². The van der Waals surface area contributed by atoms with Crippen molar-refractivity contribution in [1.82, 2.24) is 0 Å². The fraction of sp³-hybridized carbons (Fsp3) is 0.700. The number of hydrogen-bond donors (Lipinski definition) is 3. The molecule has 0 aromatic heterocycles. The summed E-state index contributed by atoms with van der Waals surface area (Å²) in [7, 11) is 0. The lowest BCUT2D eigenvalue weighted by Crippen LogP contribution is -2.57. The molecule has 1 saturated heterocycles. The van der Waals surface area contributed by atoms with Gasteiger partial charge in [-0.15, -0.1) is 0 Å². The Morgan fingerprint density at radius 3 is 2.54 bits per heavy atom. The largest absolute Gasteiger partial charge is 0.504 e. The van der Waals surface area contributed by atoms with Crippen LogP contribution in [0.25, 0.3) is 0 Å². The molecule has 0 amide bonds. The first-order valence-electron chi connectivity index (χ1n) is 9.02. The third-order valence-electron chi connectivity index (χ3n) is 6.85. The maximum Gasteiger partial charge on any atom is 0.163 e. The lowest BCUT2D eigenvalue weighted by Gasteiger charge is -2.60. The molecular weight excluding hydrogens is 304 g/mol. The van der Waals surface area contributed by atoms with Crippen LogP contribution in [0.1, 0.15) is 76.2 Å². The van der Waals surface area contributed by atoms with Gasteiger partial charge in [-0.25, -0.2) is 0 Å². The smallest absolute Gasteiger partial charge is 0.163 e. The fourth-order valence-corrected chi connectivity index (χ4v) is 5.72. The molecule has 132 valence electrons. The second kappa shape index (κ2) is 4.67. The van der Waals surface area contributed by atoms with Crippen LogP contribution in [0.4, 0.5) is 0 Å². The highest BCUT2D eigenvalue weighted by Crippen LogP contribution is 2.66. The molecule has 2 aliphatic heterocycles. The summed E-state index contributed by atoms with van der Waals surface area (Å²) >= 11 is 0. The molecule has 4 aliphatic rings. The van der Waals surface area contributed by atoms with Gasteiger partial charge in [-0.2, -0.15) is 0 Å². The first kappa shape index (κ1) is 16.2. The van der Waals surface area contributed by atoms with Crippen molar-refractivity contribution in [3.63, 3.8) is 0 Å². The van der Waals surface area contributed by atoms with Crippen LogP contribution in [0.2, 0.25) is 0 Å². The highest BCUT2D eigenvalue weighted by atomic mass is 16.5. The first-order valence-corrected chi connectivity index (χ1v) is 9.02. The highest BCUT2D eigenvalue weighted by Gasteiger charge is 2.59. The minimum atomic E-state index is -1.21. The second-order valence-corrected chi connectivity index (χ2v) is 9.23. The number of aromatic hydroxyl groups is 2. The Labute approximate surface area is 143 Å². The number of fused-ring (bicyclic) bond motifs is 1. The third kappa shape index (κ3) is 1.93. The van der Waals surface area contributed by atoms with Crippen LogP contribution in [-0.4, -0.2) is 21.9 Å². The van der Waals surface area contributed by atoms with Crippen molar-refractivity contribution in [3.05, 3.63) is 22.8 Å². The summed E-state index contributed by atoms with van der Waals surface area (Å²) in [5.74, 6) is 0.230. The number of benzene rings is 1. The summed E-state index contributed by atoms with van der Waals surface area (Å²) < 4.78 is 6.15. The molecule has 1 aromatic rings. The lowest BCUT2D eigenvalue weighted by molar-refractivity contribution is -0.137. The molecule has 1 saturated carbocycles. The van der Waals surface area contributed by atoms with E-state index in [1.807, 2.05) is 6.07 Å². The lowest BCUT2D eigenvalue weighted by atomic mass is 9.48. The van der Waals surface area contributed by atoms with Crippen LogP contribution in [0.3, 0.4) is 0 Å². The first-order chi connectivity index (χ1) is 11.1. The molecule has 1 aromatic carbocycles. The van der Waals surface area contributed by atoms with Gasteiger partial charge in [-0.3, -0.25) is 0 Å². The number of rotatable bonds is 1. The maximum atomic E-state index is 10.9. The Morgan fingerprint density at radius 1 is 1.17 bits per heavy atom. The Balaban J connectivity index is 1.98. The maximum absolute atomic E-state index is 10.9. The molecule has 3 unspecified atom stereocenters. The molecule has 2 fully saturated rings. The monoisotopic (exact) mass is 332 g/mol. The zero-order valence-electron chi connectivity index (χ0n) is 15.0. The van der Waals surface area contributed by atoms with Gasteiger partial charge in [0.1, 0.15) is 0 Å². The standard InChI is InChI=1S/C20H28O4/c1-18(2)6-5-7-20-10-24-13(9-14(18)20)11-8-12(19(3,4)23)16(21)17(22)15(11)20/h8,13-14,21-23H,5-7,9-10H2,1-4H3. The van der Waals surface area contributed by atoms with E-state index in [2.05, 4.69) is 13.8 Å². The highest BCUT2D eigenvalue weighted by molar-refractivity contribution is 5.61. The molecule has 5 rings (SSSR count). The zero-order chi connectivity index (χ0) is 17.5. The SMILES string of the molecule is CC(C)(O)c1cc2c(c(O)c1O)C13CCCC(C)(C)C1CC2OC3. The quantitative estimate of drug-likeness (QED) is 0.683. The van der Waals surface area contributed by atoms with Crippen LogP contribution in [0.5, 0.6) is 11.5 Å². The molecule has 2 bridgehead atoms. The average Bonchev–Trinajstić information content (AvgIpc) is 2.48. The Hall–Kier alpha value is -1.26. The van der Waals surface area contributed by atoms with E-state index >= 15 is 0 Å². The van der Waals surface area contributed by atoms with Gasteiger partial charge in [-0.1, -0.05) is 20.3 Å². The number of hydrogen-bond acceptors (Lipinski definition) is 4. The Bertz CT molecular complexity index is 701. The van der Waals surface area contributed by atoms with Gasteiger partial charge < -0.3 is 20.1 Å². The molecule has 3 N–H and O–H groups in total. The molecule has 0 radical (unpaired) electrons. The number of phenols is 2. The van der Waals surface area contributed by atoms with Crippen LogP contribution < -0.4 is 0 Å². The second-order valence-electron chi connectivity index (χ2n) is 9.23. The van der Waals surface area contributed by atoms with E-state index in [1.54, 1.807) is 13.8 Å². The van der Waals surface area contributed by atoms with E-state index in [4.69, 9.17) is 4.74 Å². The van der Waals surface area contributed by atoms with E-state index < -0.39 is 5.60 Å². The van der Waals surface area contributed by atoms with E-state index in [9.17, 15) is 15.3 Å². The number of ether oxygens (including phenoxy) is 1. The molecule has 3 atom stereocenters. The van der Waals surface area contributed by atoms with Crippen molar-refractivity contribution in [2.24, 2.45) is 11.3 Å². The Kier molecular flexibility index (Phi) is 3.16. The summed E-state index contributed by atoms with van der Waals surface area (Å²) in [6.45, 7) is 8.51. The van der Waals surface area contributed by atoms with Crippen molar-refractivity contribution < 1.29 is 20.1 Å². The normalized spacial score (nSPS) is 33.9. The van der Waals surface area contributed by atoms with Crippen LogP contribution in [0, 0.1) is 11.3 Å². The van der Waals surface area contributed by atoms with Gasteiger partial charge in [0, 0.05) is 16.5 Å². The minimum absolute atomic E-state index is 0.0414. The third-order valence-corrected chi connectivity index (χ3v) is 6.85. The van der Waals surface area contributed by atoms with Gasteiger partial charge >= 0.3 is 0 Å². The van der Waals surface area contributed by atoms with Gasteiger partial charge in [-0.05, 0) is 56.1 Å². The molecule has 1 spiro atoms. The summed E-state index contributed by atoms with van der Waals surface area (Å²) in [5.41, 5.74) is 0.991.